The molecular weight excluding hydrogens is 286 g/mol. The lowest BCUT2D eigenvalue weighted by Gasteiger charge is -2.40. The van der Waals surface area contributed by atoms with Crippen LogP contribution in [0, 0.1) is 0 Å². The largest absolute Gasteiger partial charge is 0.351 e. The lowest BCUT2D eigenvalue weighted by atomic mass is 9.97. The number of pyridine rings is 1. The molecule has 1 fully saturated rings. The summed E-state index contributed by atoms with van der Waals surface area (Å²) in [7, 11) is 0. The molecule has 0 saturated carbocycles. The van der Waals surface area contributed by atoms with Crippen LogP contribution < -0.4 is 4.90 Å². The molecule has 5 heteroatoms. The highest BCUT2D eigenvalue weighted by molar-refractivity contribution is 5.63. The van der Waals surface area contributed by atoms with Crippen molar-refractivity contribution < 1.29 is 0 Å². The molecule has 1 aliphatic heterocycles. The summed E-state index contributed by atoms with van der Waals surface area (Å²) >= 11 is 0. The highest BCUT2D eigenvalue weighted by Crippen LogP contribution is 2.29. The topological polar surface area (TPSA) is 46.3 Å². The molecule has 4 rings (SSSR count). The predicted octanol–water partition coefficient (Wildman–Crippen LogP) is 3.56. The van der Waals surface area contributed by atoms with E-state index in [0.29, 0.717) is 12.1 Å². The minimum atomic E-state index is 0.555. The van der Waals surface area contributed by atoms with E-state index in [9.17, 15) is 0 Å². The van der Waals surface area contributed by atoms with Crippen molar-refractivity contribution in [1.82, 2.24) is 19.6 Å². The van der Waals surface area contributed by atoms with E-state index < -0.39 is 0 Å². The standard InChI is InChI=1S/C18H21N5/c1-13-4-3-5-14(2)23(13)18-7-6-15(10-20-18)16-11-19-17-8-9-21-22(17)12-16/h6-14H,3-5H2,1-2H3/t13-,14+. The van der Waals surface area contributed by atoms with Crippen molar-refractivity contribution >= 4 is 11.5 Å². The molecule has 0 spiro atoms. The fourth-order valence-corrected chi connectivity index (χ4v) is 3.54. The van der Waals surface area contributed by atoms with Crippen LogP contribution in [0.3, 0.4) is 0 Å². The Morgan fingerprint density at radius 3 is 2.48 bits per heavy atom. The van der Waals surface area contributed by atoms with E-state index in [4.69, 9.17) is 4.98 Å². The molecule has 1 aliphatic rings. The number of hydrogen-bond donors (Lipinski definition) is 0. The average molecular weight is 307 g/mol. The smallest absolute Gasteiger partial charge is 0.154 e. The molecule has 5 nitrogen and oxygen atoms in total. The first-order valence-electron chi connectivity index (χ1n) is 8.26. The summed E-state index contributed by atoms with van der Waals surface area (Å²) < 4.78 is 1.79. The third kappa shape index (κ3) is 2.56. The van der Waals surface area contributed by atoms with Crippen LogP contribution in [0.1, 0.15) is 33.1 Å². The Balaban J connectivity index is 1.64. The Morgan fingerprint density at radius 2 is 1.74 bits per heavy atom. The molecule has 0 N–H and O–H groups in total. The van der Waals surface area contributed by atoms with Gasteiger partial charge in [0.1, 0.15) is 5.82 Å². The molecule has 0 aromatic carbocycles. The molecule has 0 radical (unpaired) electrons. The van der Waals surface area contributed by atoms with E-state index in [-0.39, 0.29) is 0 Å². The normalized spacial score (nSPS) is 21.7. The maximum absolute atomic E-state index is 4.72. The minimum absolute atomic E-state index is 0.555. The van der Waals surface area contributed by atoms with E-state index in [1.807, 2.05) is 24.7 Å². The highest BCUT2D eigenvalue weighted by atomic mass is 15.2. The van der Waals surface area contributed by atoms with Crippen molar-refractivity contribution in [2.45, 2.75) is 45.2 Å². The molecule has 0 aliphatic carbocycles. The summed E-state index contributed by atoms with van der Waals surface area (Å²) in [5.41, 5.74) is 2.95. The van der Waals surface area contributed by atoms with Gasteiger partial charge in [0, 0.05) is 47.9 Å². The Kier molecular flexibility index (Phi) is 3.48. The number of hydrogen-bond acceptors (Lipinski definition) is 4. The molecule has 0 bridgehead atoms. The molecule has 0 amide bonds. The van der Waals surface area contributed by atoms with Gasteiger partial charge in [-0.15, -0.1) is 0 Å². The summed E-state index contributed by atoms with van der Waals surface area (Å²) in [5.74, 6) is 1.07. The quantitative estimate of drug-likeness (QED) is 0.726. The summed E-state index contributed by atoms with van der Waals surface area (Å²) in [6, 6.07) is 7.26. The van der Waals surface area contributed by atoms with E-state index in [1.165, 1.54) is 19.3 Å². The van der Waals surface area contributed by atoms with Gasteiger partial charge in [-0.2, -0.15) is 5.10 Å². The Labute approximate surface area is 136 Å². The van der Waals surface area contributed by atoms with Crippen molar-refractivity contribution in [3.05, 3.63) is 43.0 Å². The molecule has 1 saturated heterocycles. The zero-order valence-electron chi connectivity index (χ0n) is 13.6. The molecule has 3 aromatic rings. The first-order chi connectivity index (χ1) is 11.2. The molecule has 2 atom stereocenters. The van der Waals surface area contributed by atoms with Gasteiger partial charge in [-0.3, -0.25) is 0 Å². The van der Waals surface area contributed by atoms with E-state index in [0.717, 1.165) is 22.6 Å². The summed E-state index contributed by atoms with van der Waals surface area (Å²) in [6.07, 6.45) is 11.4. The minimum Gasteiger partial charge on any atom is -0.351 e. The van der Waals surface area contributed by atoms with Gasteiger partial charge in [0.2, 0.25) is 0 Å². The van der Waals surface area contributed by atoms with Gasteiger partial charge in [0.15, 0.2) is 5.65 Å². The monoisotopic (exact) mass is 307 g/mol. The second kappa shape index (κ2) is 5.65. The van der Waals surface area contributed by atoms with Crippen LogP contribution in [0.15, 0.2) is 43.0 Å². The SMILES string of the molecule is C[C@@H]1CCC[C@H](C)N1c1ccc(-c2cnc3ccnn3c2)cn1. The van der Waals surface area contributed by atoms with Crippen LogP contribution in [0.2, 0.25) is 0 Å². The number of nitrogens with zero attached hydrogens (tertiary/aromatic N) is 5. The molecule has 118 valence electrons. The van der Waals surface area contributed by atoms with Crippen LogP contribution in [0.4, 0.5) is 5.82 Å². The second-order valence-electron chi connectivity index (χ2n) is 6.42. The van der Waals surface area contributed by atoms with Crippen LogP contribution >= 0.6 is 0 Å². The lowest BCUT2D eigenvalue weighted by Crippen LogP contribution is -2.44. The van der Waals surface area contributed by atoms with Crippen molar-refractivity contribution in [3.63, 3.8) is 0 Å². The lowest BCUT2D eigenvalue weighted by molar-refractivity contribution is 0.411. The third-order valence-electron chi connectivity index (χ3n) is 4.79. The zero-order chi connectivity index (χ0) is 15.8. The van der Waals surface area contributed by atoms with E-state index in [1.54, 1.807) is 10.7 Å². The molecule has 3 aromatic heterocycles. The van der Waals surface area contributed by atoms with Crippen molar-refractivity contribution in [3.8, 4) is 11.1 Å². The summed E-state index contributed by atoms with van der Waals surface area (Å²) in [6.45, 7) is 4.58. The maximum atomic E-state index is 4.72. The van der Waals surface area contributed by atoms with Gasteiger partial charge in [-0.25, -0.2) is 14.5 Å². The van der Waals surface area contributed by atoms with Crippen LogP contribution in [0.5, 0.6) is 0 Å². The summed E-state index contributed by atoms with van der Waals surface area (Å²) in [4.78, 5) is 11.6. The van der Waals surface area contributed by atoms with Gasteiger partial charge < -0.3 is 4.90 Å². The maximum Gasteiger partial charge on any atom is 0.154 e. The Bertz CT molecular complexity index is 798. The van der Waals surface area contributed by atoms with Crippen molar-refractivity contribution in [2.75, 3.05) is 4.90 Å². The van der Waals surface area contributed by atoms with Gasteiger partial charge in [0.05, 0.1) is 6.20 Å². The average Bonchev–Trinajstić information content (AvgIpc) is 3.03. The Hall–Kier alpha value is -2.43. The number of piperidine rings is 1. The third-order valence-corrected chi connectivity index (χ3v) is 4.79. The number of aromatic nitrogens is 4. The van der Waals surface area contributed by atoms with Crippen molar-refractivity contribution in [2.24, 2.45) is 0 Å². The van der Waals surface area contributed by atoms with E-state index >= 15 is 0 Å². The summed E-state index contributed by atoms with van der Waals surface area (Å²) in [5, 5.41) is 4.24. The number of anilines is 1. The van der Waals surface area contributed by atoms with Crippen LogP contribution in [-0.4, -0.2) is 31.7 Å². The van der Waals surface area contributed by atoms with Crippen LogP contribution in [0.25, 0.3) is 16.8 Å². The molecule has 23 heavy (non-hydrogen) atoms. The highest BCUT2D eigenvalue weighted by Gasteiger charge is 2.25. The molecule has 0 unspecified atom stereocenters. The zero-order valence-corrected chi connectivity index (χ0v) is 13.6. The van der Waals surface area contributed by atoms with Gasteiger partial charge in [-0.1, -0.05) is 0 Å². The Morgan fingerprint density at radius 1 is 0.957 bits per heavy atom. The van der Waals surface area contributed by atoms with Gasteiger partial charge >= 0.3 is 0 Å². The molecule has 4 heterocycles. The number of rotatable bonds is 2. The first-order valence-corrected chi connectivity index (χ1v) is 8.26. The first kappa shape index (κ1) is 14.2. The van der Waals surface area contributed by atoms with Crippen molar-refractivity contribution in [1.29, 1.82) is 0 Å². The fourth-order valence-electron chi connectivity index (χ4n) is 3.54. The van der Waals surface area contributed by atoms with E-state index in [2.05, 4.69) is 41.0 Å². The second-order valence-corrected chi connectivity index (χ2v) is 6.42. The predicted molar refractivity (Wildman–Crippen MR) is 91.5 cm³/mol. The fraction of sp³-hybridized carbons (Fsp3) is 0.389. The molecular formula is C18H21N5. The number of fused-ring (bicyclic) bond motifs is 1. The van der Waals surface area contributed by atoms with Crippen LogP contribution in [-0.2, 0) is 0 Å². The van der Waals surface area contributed by atoms with Gasteiger partial charge in [-0.05, 0) is 45.2 Å². The van der Waals surface area contributed by atoms with Gasteiger partial charge in [0.25, 0.3) is 0 Å².